The average Bonchev–Trinajstić information content (AvgIpc) is 2.38. The molecule has 0 spiro atoms. The van der Waals surface area contributed by atoms with Crippen LogP contribution in [0.15, 0.2) is 30.3 Å². The van der Waals surface area contributed by atoms with Crippen molar-refractivity contribution in [1.29, 1.82) is 0 Å². The van der Waals surface area contributed by atoms with Gasteiger partial charge in [-0.05, 0) is 5.56 Å². The monoisotopic (exact) mass is 238 g/mol. The van der Waals surface area contributed by atoms with E-state index in [9.17, 15) is 0 Å². The highest BCUT2D eigenvalue weighted by Gasteiger charge is 1.91. The Bertz CT molecular complexity index is 267. The Kier molecular flexibility index (Phi) is 8.50. The Balaban J connectivity index is 1.85. The largest absolute Gasteiger partial charge is 0.378 e. The first-order valence-electron chi connectivity index (χ1n) is 6.03. The van der Waals surface area contributed by atoms with E-state index >= 15 is 0 Å². The molecule has 0 radical (unpaired) electrons. The lowest BCUT2D eigenvalue weighted by Gasteiger charge is -2.06. The zero-order valence-corrected chi connectivity index (χ0v) is 10.2. The van der Waals surface area contributed by atoms with Crippen molar-refractivity contribution in [3.05, 3.63) is 35.9 Å². The van der Waals surface area contributed by atoms with Crippen LogP contribution in [-0.2, 0) is 16.0 Å². The molecule has 0 saturated carbocycles. The summed E-state index contributed by atoms with van der Waals surface area (Å²) in [5.41, 5.74) is 6.58. The van der Waals surface area contributed by atoms with Crippen molar-refractivity contribution >= 4 is 0 Å². The van der Waals surface area contributed by atoms with E-state index in [1.54, 1.807) is 0 Å². The van der Waals surface area contributed by atoms with Gasteiger partial charge >= 0.3 is 0 Å². The molecule has 0 aliphatic rings. The second kappa shape index (κ2) is 10.2. The van der Waals surface area contributed by atoms with Crippen LogP contribution in [0.3, 0.4) is 0 Å². The minimum absolute atomic E-state index is 0.568. The number of nitrogens with two attached hydrogens (primary N) is 1. The lowest BCUT2D eigenvalue weighted by molar-refractivity contribution is 0.0518. The molecule has 0 bridgehead atoms. The SMILES string of the molecule is NCCOCCOCCNCc1ccccc1. The number of benzene rings is 1. The van der Waals surface area contributed by atoms with E-state index in [0.29, 0.717) is 33.0 Å². The smallest absolute Gasteiger partial charge is 0.0701 e. The van der Waals surface area contributed by atoms with Gasteiger partial charge in [0.15, 0.2) is 0 Å². The predicted octanol–water partition coefficient (Wildman–Crippen LogP) is 0.768. The maximum absolute atomic E-state index is 5.39. The van der Waals surface area contributed by atoms with Gasteiger partial charge in [0, 0.05) is 19.6 Å². The van der Waals surface area contributed by atoms with Gasteiger partial charge in [0.05, 0.1) is 26.4 Å². The van der Waals surface area contributed by atoms with Gasteiger partial charge in [0.1, 0.15) is 0 Å². The number of rotatable bonds is 10. The summed E-state index contributed by atoms with van der Waals surface area (Å²) in [5, 5.41) is 3.32. The number of nitrogens with one attached hydrogen (secondary N) is 1. The zero-order valence-electron chi connectivity index (χ0n) is 10.2. The summed E-state index contributed by atoms with van der Waals surface area (Å²) >= 11 is 0. The summed E-state index contributed by atoms with van der Waals surface area (Å²) in [6.07, 6.45) is 0. The van der Waals surface area contributed by atoms with E-state index in [1.165, 1.54) is 5.56 Å². The molecule has 1 aromatic carbocycles. The van der Waals surface area contributed by atoms with Crippen molar-refractivity contribution < 1.29 is 9.47 Å². The minimum Gasteiger partial charge on any atom is -0.378 e. The van der Waals surface area contributed by atoms with E-state index in [4.69, 9.17) is 15.2 Å². The molecule has 4 nitrogen and oxygen atoms in total. The summed E-state index contributed by atoms with van der Waals surface area (Å²) in [5.74, 6) is 0. The van der Waals surface area contributed by atoms with Crippen LogP contribution in [-0.4, -0.2) is 39.5 Å². The fourth-order valence-electron chi connectivity index (χ4n) is 1.38. The first-order valence-corrected chi connectivity index (χ1v) is 6.03. The van der Waals surface area contributed by atoms with Crippen molar-refractivity contribution in [2.75, 3.05) is 39.5 Å². The predicted molar refractivity (Wildman–Crippen MR) is 68.8 cm³/mol. The molecule has 0 aromatic heterocycles. The molecular formula is C13H22N2O2. The molecule has 0 fully saturated rings. The Morgan fingerprint density at radius 2 is 1.65 bits per heavy atom. The van der Waals surface area contributed by atoms with Gasteiger partial charge in [-0.15, -0.1) is 0 Å². The summed E-state index contributed by atoms with van der Waals surface area (Å²) < 4.78 is 10.6. The van der Waals surface area contributed by atoms with Crippen LogP contribution in [0.1, 0.15) is 5.56 Å². The number of hydrogen-bond donors (Lipinski definition) is 2. The van der Waals surface area contributed by atoms with E-state index in [-0.39, 0.29) is 0 Å². The molecule has 4 heteroatoms. The Morgan fingerprint density at radius 1 is 0.941 bits per heavy atom. The van der Waals surface area contributed by atoms with Crippen molar-refractivity contribution in [3.8, 4) is 0 Å². The number of hydrogen-bond acceptors (Lipinski definition) is 4. The standard InChI is InChI=1S/C13H22N2O2/c14-6-8-16-10-11-17-9-7-15-12-13-4-2-1-3-5-13/h1-5,15H,6-12,14H2. The molecule has 0 heterocycles. The van der Waals surface area contributed by atoms with Gasteiger partial charge in [0.2, 0.25) is 0 Å². The van der Waals surface area contributed by atoms with Crippen molar-refractivity contribution in [1.82, 2.24) is 5.32 Å². The Morgan fingerprint density at radius 3 is 2.35 bits per heavy atom. The molecule has 0 unspecified atom stereocenters. The highest BCUT2D eigenvalue weighted by atomic mass is 16.5. The molecule has 0 aliphatic carbocycles. The van der Waals surface area contributed by atoms with Crippen molar-refractivity contribution in [3.63, 3.8) is 0 Å². The van der Waals surface area contributed by atoms with Gasteiger partial charge < -0.3 is 20.5 Å². The highest BCUT2D eigenvalue weighted by molar-refractivity contribution is 5.14. The maximum Gasteiger partial charge on any atom is 0.0701 e. The van der Waals surface area contributed by atoms with Crippen LogP contribution in [0.2, 0.25) is 0 Å². The lowest BCUT2D eigenvalue weighted by atomic mass is 10.2. The summed E-state index contributed by atoms with van der Waals surface area (Å²) in [4.78, 5) is 0. The molecule has 1 aromatic rings. The molecule has 17 heavy (non-hydrogen) atoms. The first-order chi connectivity index (χ1) is 8.43. The lowest BCUT2D eigenvalue weighted by Crippen LogP contribution is -2.20. The summed E-state index contributed by atoms with van der Waals surface area (Å²) in [6, 6.07) is 10.3. The van der Waals surface area contributed by atoms with Crippen molar-refractivity contribution in [2.45, 2.75) is 6.54 Å². The Hall–Kier alpha value is -0.940. The first kappa shape index (κ1) is 14.1. The molecule has 96 valence electrons. The molecule has 1 rings (SSSR count). The highest BCUT2D eigenvalue weighted by Crippen LogP contribution is 1.96. The quantitative estimate of drug-likeness (QED) is 0.591. The second-order valence-electron chi connectivity index (χ2n) is 3.68. The van der Waals surface area contributed by atoms with Crippen LogP contribution in [0.25, 0.3) is 0 Å². The molecule has 0 atom stereocenters. The minimum atomic E-state index is 0.568. The number of ether oxygens (including phenoxy) is 2. The van der Waals surface area contributed by atoms with Gasteiger partial charge in [-0.25, -0.2) is 0 Å². The van der Waals surface area contributed by atoms with Crippen molar-refractivity contribution in [2.24, 2.45) is 5.73 Å². The van der Waals surface area contributed by atoms with E-state index in [1.807, 2.05) is 18.2 Å². The molecule has 0 aliphatic heterocycles. The van der Waals surface area contributed by atoms with Gasteiger partial charge in [-0.3, -0.25) is 0 Å². The van der Waals surface area contributed by atoms with Gasteiger partial charge in [-0.1, -0.05) is 30.3 Å². The van der Waals surface area contributed by atoms with Crippen LogP contribution in [0.4, 0.5) is 0 Å². The van der Waals surface area contributed by atoms with Crippen LogP contribution >= 0.6 is 0 Å². The van der Waals surface area contributed by atoms with Crippen LogP contribution < -0.4 is 11.1 Å². The van der Waals surface area contributed by atoms with E-state index in [0.717, 1.165) is 13.1 Å². The molecule has 0 amide bonds. The van der Waals surface area contributed by atoms with Crippen LogP contribution in [0.5, 0.6) is 0 Å². The normalized spacial score (nSPS) is 10.6. The third kappa shape index (κ3) is 7.88. The zero-order chi connectivity index (χ0) is 12.2. The molecule has 0 saturated heterocycles. The van der Waals surface area contributed by atoms with Gasteiger partial charge in [-0.2, -0.15) is 0 Å². The third-order valence-electron chi connectivity index (χ3n) is 2.23. The maximum atomic E-state index is 5.39. The van der Waals surface area contributed by atoms with E-state index < -0.39 is 0 Å². The summed E-state index contributed by atoms with van der Waals surface area (Å²) in [7, 11) is 0. The molecular weight excluding hydrogens is 216 g/mol. The van der Waals surface area contributed by atoms with Gasteiger partial charge in [0.25, 0.3) is 0 Å². The fourth-order valence-corrected chi connectivity index (χ4v) is 1.38. The van der Waals surface area contributed by atoms with E-state index in [2.05, 4.69) is 17.4 Å². The average molecular weight is 238 g/mol. The van der Waals surface area contributed by atoms with Crippen LogP contribution in [0, 0.1) is 0 Å². The molecule has 3 N–H and O–H groups in total. The topological polar surface area (TPSA) is 56.5 Å². The Labute approximate surface area is 103 Å². The third-order valence-corrected chi connectivity index (χ3v) is 2.23. The summed E-state index contributed by atoms with van der Waals surface area (Å²) in [6.45, 7) is 4.87. The fraction of sp³-hybridized carbons (Fsp3) is 0.538. The second-order valence-corrected chi connectivity index (χ2v) is 3.68.